The minimum Gasteiger partial charge on any atom is -0.311 e. The van der Waals surface area contributed by atoms with Gasteiger partial charge in [0.25, 0.3) is 5.56 Å². The van der Waals surface area contributed by atoms with Crippen LogP contribution in [0.2, 0.25) is 0 Å². The molecule has 4 aromatic rings. The number of hydrogen-bond donors (Lipinski definition) is 1. The van der Waals surface area contributed by atoms with Gasteiger partial charge in [0.2, 0.25) is 0 Å². The molecule has 2 aliphatic rings. The van der Waals surface area contributed by atoms with Gasteiger partial charge in [-0.2, -0.15) is 5.10 Å². The molecule has 1 aliphatic heterocycles. The zero-order valence-electron chi connectivity index (χ0n) is 17.1. The van der Waals surface area contributed by atoms with Crippen molar-refractivity contribution in [2.24, 2.45) is 0 Å². The van der Waals surface area contributed by atoms with E-state index in [4.69, 9.17) is 0 Å². The Balaban J connectivity index is 1.41. The Morgan fingerprint density at radius 3 is 2.87 bits per heavy atom. The van der Waals surface area contributed by atoms with Crippen LogP contribution in [-0.2, 0) is 0 Å². The topological polar surface area (TPSA) is 90.0 Å². The maximum absolute atomic E-state index is 13.2. The number of aryl methyl sites for hydroxylation is 2. The zero-order chi connectivity index (χ0) is 20.5. The number of fused-ring (bicyclic) bond motifs is 2. The van der Waals surface area contributed by atoms with Gasteiger partial charge in [-0.3, -0.25) is 9.36 Å². The molecular weight excluding hydrogens is 378 g/mol. The summed E-state index contributed by atoms with van der Waals surface area (Å²) in [5.41, 5.74) is 4.93. The van der Waals surface area contributed by atoms with E-state index in [-0.39, 0.29) is 17.1 Å². The number of aromatic nitrogens is 6. The number of imidazole rings is 1. The summed E-state index contributed by atoms with van der Waals surface area (Å²) in [6, 6.07) is 5.87. The summed E-state index contributed by atoms with van der Waals surface area (Å²) in [5.74, 6) is 0. The molecule has 0 aromatic carbocycles. The van der Waals surface area contributed by atoms with E-state index in [0.29, 0.717) is 16.7 Å². The highest BCUT2D eigenvalue weighted by atomic mass is 16.1. The molecule has 1 aliphatic carbocycles. The van der Waals surface area contributed by atoms with Crippen LogP contribution in [0.15, 0.2) is 35.5 Å². The van der Waals surface area contributed by atoms with E-state index in [2.05, 4.69) is 25.4 Å². The number of nitrogens with zero attached hydrogens (tertiary/aromatic N) is 6. The van der Waals surface area contributed by atoms with Crippen molar-refractivity contribution in [2.45, 2.75) is 51.1 Å². The first-order chi connectivity index (χ1) is 14.5. The Labute approximate surface area is 173 Å². The average molecular weight is 401 g/mol. The van der Waals surface area contributed by atoms with Gasteiger partial charge < -0.3 is 5.32 Å². The van der Waals surface area contributed by atoms with Gasteiger partial charge in [-0.05, 0) is 69.8 Å². The molecule has 1 saturated heterocycles. The van der Waals surface area contributed by atoms with E-state index in [1.807, 2.05) is 42.8 Å². The van der Waals surface area contributed by atoms with E-state index in [0.717, 1.165) is 42.0 Å². The van der Waals surface area contributed by atoms with Gasteiger partial charge in [0.1, 0.15) is 12.0 Å². The average Bonchev–Trinajstić information content (AvgIpc) is 3.35. The minimum absolute atomic E-state index is 0.00780. The van der Waals surface area contributed by atoms with Gasteiger partial charge in [-0.1, -0.05) is 0 Å². The smallest absolute Gasteiger partial charge is 0.263 e. The first-order valence-corrected chi connectivity index (χ1v) is 10.5. The third-order valence-corrected chi connectivity index (χ3v) is 6.49. The Bertz CT molecular complexity index is 1370. The molecular formula is C22H23N7O. The normalized spacial score (nSPS) is 20.3. The third-order valence-electron chi connectivity index (χ3n) is 6.49. The van der Waals surface area contributed by atoms with E-state index in [9.17, 15) is 4.79 Å². The predicted molar refractivity (Wildman–Crippen MR) is 113 cm³/mol. The highest BCUT2D eigenvalue weighted by Crippen LogP contribution is 2.45. The largest absolute Gasteiger partial charge is 0.311 e. The Morgan fingerprint density at radius 1 is 1.17 bits per heavy atom. The van der Waals surface area contributed by atoms with Crippen molar-refractivity contribution in [1.82, 2.24) is 34.4 Å². The molecule has 0 radical (unpaired) electrons. The van der Waals surface area contributed by atoms with Gasteiger partial charge in [0, 0.05) is 11.6 Å². The van der Waals surface area contributed by atoms with Crippen LogP contribution in [0.1, 0.15) is 43.0 Å². The van der Waals surface area contributed by atoms with E-state index in [1.54, 1.807) is 10.8 Å². The summed E-state index contributed by atoms with van der Waals surface area (Å²) in [7, 11) is 0. The van der Waals surface area contributed by atoms with Crippen LogP contribution in [0, 0.1) is 13.8 Å². The number of pyridine rings is 1. The van der Waals surface area contributed by atoms with Crippen LogP contribution in [0.4, 0.5) is 0 Å². The first-order valence-electron chi connectivity index (χ1n) is 10.5. The fraction of sp³-hybridized carbons (Fsp3) is 0.409. The van der Waals surface area contributed by atoms with E-state index in [1.165, 1.54) is 12.8 Å². The third kappa shape index (κ3) is 2.74. The van der Waals surface area contributed by atoms with Gasteiger partial charge >= 0.3 is 0 Å². The highest BCUT2D eigenvalue weighted by molar-refractivity contribution is 5.76. The fourth-order valence-corrected chi connectivity index (χ4v) is 4.69. The second-order valence-corrected chi connectivity index (χ2v) is 8.74. The fourth-order valence-electron chi connectivity index (χ4n) is 4.69. The number of hydrogen-bond acceptors (Lipinski definition) is 6. The number of rotatable bonds is 2. The van der Waals surface area contributed by atoms with Crippen LogP contribution >= 0.6 is 0 Å². The van der Waals surface area contributed by atoms with Crippen molar-refractivity contribution in [3.8, 4) is 11.4 Å². The molecule has 1 unspecified atom stereocenters. The molecule has 6 rings (SSSR count). The van der Waals surface area contributed by atoms with Gasteiger partial charge in [-0.25, -0.2) is 19.5 Å². The first kappa shape index (κ1) is 17.7. The monoisotopic (exact) mass is 401 g/mol. The van der Waals surface area contributed by atoms with Crippen LogP contribution in [0.5, 0.6) is 0 Å². The Kier molecular flexibility index (Phi) is 3.65. The molecule has 0 bridgehead atoms. The van der Waals surface area contributed by atoms with Gasteiger partial charge in [-0.15, -0.1) is 0 Å². The summed E-state index contributed by atoms with van der Waals surface area (Å²) < 4.78 is 3.59. The maximum atomic E-state index is 13.2. The van der Waals surface area contributed by atoms with Crippen molar-refractivity contribution in [3.63, 3.8) is 0 Å². The second-order valence-electron chi connectivity index (χ2n) is 8.74. The molecule has 5 heterocycles. The second kappa shape index (κ2) is 6.18. The molecule has 8 nitrogen and oxygen atoms in total. The standard InChI is InChI=1S/C22H23N7O/c1-13-9-18(27-29-11-14(2)25-20(13)29)17-4-3-16-19(26-17)23-12-28(21(16)30)15-5-8-24-22(10-15)6-7-22/h3-4,9,11-12,15,24H,5-8,10H2,1-2H3. The van der Waals surface area contributed by atoms with Crippen molar-refractivity contribution in [1.29, 1.82) is 0 Å². The molecule has 1 spiro atoms. The summed E-state index contributed by atoms with van der Waals surface area (Å²) in [6.45, 7) is 4.91. The van der Waals surface area contributed by atoms with Gasteiger partial charge in [0.15, 0.2) is 11.3 Å². The lowest BCUT2D eigenvalue weighted by Gasteiger charge is -2.31. The van der Waals surface area contributed by atoms with Crippen LogP contribution in [-0.4, -0.2) is 41.2 Å². The Hall–Kier alpha value is -3.13. The number of piperidine rings is 1. The van der Waals surface area contributed by atoms with Crippen LogP contribution in [0.3, 0.4) is 0 Å². The maximum Gasteiger partial charge on any atom is 0.263 e. The summed E-state index contributed by atoms with van der Waals surface area (Å²) in [6.07, 6.45) is 7.94. The van der Waals surface area contributed by atoms with E-state index >= 15 is 0 Å². The van der Waals surface area contributed by atoms with Crippen molar-refractivity contribution >= 4 is 16.7 Å². The zero-order valence-corrected chi connectivity index (χ0v) is 17.1. The van der Waals surface area contributed by atoms with Crippen LogP contribution < -0.4 is 10.9 Å². The van der Waals surface area contributed by atoms with Crippen molar-refractivity contribution in [3.05, 3.63) is 52.3 Å². The lowest BCUT2D eigenvalue weighted by Crippen LogP contribution is -2.42. The molecule has 0 amide bonds. The van der Waals surface area contributed by atoms with Crippen molar-refractivity contribution < 1.29 is 0 Å². The SMILES string of the molecule is Cc1cn2nc(-c3ccc4c(=O)n(C5CCNC6(CC6)C5)cnc4n3)cc(C)c2n1. The minimum atomic E-state index is -0.00780. The lowest BCUT2D eigenvalue weighted by atomic mass is 9.97. The van der Waals surface area contributed by atoms with E-state index < -0.39 is 0 Å². The molecule has 1 saturated carbocycles. The summed E-state index contributed by atoms with van der Waals surface area (Å²) >= 11 is 0. The number of nitrogens with one attached hydrogen (secondary N) is 1. The molecule has 152 valence electrons. The quantitative estimate of drug-likeness (QED) is 0.555. The molecule has 1 atom stereocenters. The molecule has 30 heavy (non-hydrogen) atoms. The lowest BCUT2D eigenvalue weighted by molar-refractivity contribution is 0.281. The van der Waals surface area contributed by atoms with Crippen molar-refractivity contribution in [2.75, 3.05) is 6.54 Å². The molecule has 2 fully saturated rings. The molecule has 8 heteroatoms. The summed E-state index contributed by atoms with van der Waals surface area (Å²) in [5, 5.41) is 8.81. The predicted octanol–water partition coefficient (Wildman–Crippen LogP) is 2.58. The molecule has 4 aromatic heterocycles. The molecule has 1 N–H and O–H groups in total. The Morgan fingerprint density at radius 2 is 2.03 bits per heavy atom. The summed E-state index contributed by atoms with van der Waals surface area (Å²) in [4.78, 5) is 26.9. The highest BCUT2D eigenvalue weighted by Gasteiger charge is 2.46. The van der Waals surface area contributed by atoms with Crippen LogP contribution in [0.25, 0.3) is 28.1 Å². The van der Waals surface area contributed by atoms with Gasteiger partial charge in [0.05, 0.1) is 23.0 Å².